The van der Waals surface area contributed by atoms with Crippen LogP contribution in [0.25, 0.3) is 0 Å². The number of nitrogens with two attached hydrogens (primary N) is 1. The molecular weight excluding hydrogens is 280 g/mol. The van der Waals surface area contributed by atoms with Gasteiger partial charge in [-0.05, 0) is 25.2 Å². The van der Waals surface area contributed by atoms with E-state index in [2.05, 4.69) is 15.3 Å². The molecule has 0 bridgehead atoms. The Kier molecular flexibility index (Phi) is 3.13. The normalized spacial score (nSPS) is 21.5. The lowest BCUT2D eigenvalue weighted by atomic mass is 10.0. The molecule has 2 aromatic heterocycles. The summed E-state index contributed by atoms with van der Waals surface area (Å²) in [5.41, 5.74) is 8.20. The summed E-state index contributed by atoms with van der Waals surface area (Å²) < 4.78 is 1.89. The second-order valence-electron chi connectivity index (χ2n) is 6.37. The number of hydrogen-bond acceptors (Lipinski definition) is 4. The predicted octanol–water partition coefficient (Wildman–Crippen LogP) is 1.23. The quantitative estimate of drug-likeness (QED) is 0.888. The maximum Gasteiger partial charge on any atom is 0.257 e. The average molecular weight is 300 g/mol. The van der Waals surface area contributed by atoms with Gasteiger partial charge < -0.3 is 10.6 Å². The van der Waals surface area contributed by atoms with Gasteiger partial charge in [0.1, 0.15) is 0 Å². The number of aromatic amines is 1. The van der Waals surface area contributed by atoms with Gasteiger partial charge in [0.25, 0.3) is 5.91 Å². The molecule has 0 aromatic carbocycles. The molecule has 2 aromatic rings. The van der Waals surface area contributed by atoms with Gasteiger partial charge in [-0.3, -0.25) is 14.6 Å². The highest BCUT2D eigenvalue weighted by atomic mass is 16.2. The van der Waals surface area contributed by atoms with Crippen LogP contribution in [0.2, 0.25) is 0 Å². The van der Waals surface area contributed by atoms with Crippen molar-refractivity contribution in [2.45, 2.75) is 31.7 Å². The van der Waals surface area contributed by atoms with Crippen molar-refractivity contribution in [1.82, 2.24) is 24.9 Å². The lowest BCUT2D eigenvalue weighted by molar-refractivity contribution is 0.0790. The van der Waals surface area contributed by atoms with E-state index in [4.69, 9.17) is 5.73 Å². The zero-order chi connectivity index (χ0) is 15.1. The number of nitrogens with one attached hydrogen (secondary N) is 1. The van der Waals surface area contributed by atoms with Gasteiger partial charge in [-0.2, -0.15) is 10.2 Å². The number of rotatable bonds is 4. The van der Waals surface area contributed by atoms with Gasteiger partial charge in [-0.25, -0.2) is 0 Å². The predicted molar refractivity (Wildman–Crippen MR) is 81.2 cm³/mol. The minimum atomic E-state index is 0.0580. The molecule has 1 aliphatic heterocycles. The van der Waals surface area contributed by atoms with Gasteiger partial charge in [0.2, 0.25) is 0 Å². The van der Waals surface area contributed by atoms with Crippen molar-refractivity contribution in [3.8, 4) is 0 Å². The van der Waals surface area contributed by atoms with Crippen molar-refractivity contribution in [3.05, 3.63) is 29.8 Å². The number of amides is 1. The molecule has 1 aliphatic carbocycles. The van der Waals surface area contributed by atoms with Crippen LogP contribution in [-0.4, -0.2) is 43.9 Å². The number of carbonyl (C=O) groups excluding carboxylic acids is 1. The number of carbonyl (C=O) groups is 1. The van der Waals surface area contributed by atoms with Crippen LogP contribution in [0.4, 0.5) is 5.69 Å². The molecule has 7 nitrogen and oxygen atoms in total. The van der Waals surface area contributed by atoms with Crippen molar-refractivity contribution in [2.24, 2.45) is 5.92 Å². The van der Waals surface area contributed by atoms with Crippen LogP contribution in [0.1, 0.15) is 41.2 Å². The number of nitrogens with zero attached hydrogens (tertiary/aromatic N) is 4. The minimum Gasteiger partial charge on any atom is -0.396 e. The molecule has 2 aliphatic rings. The second kappa shape index (κ2) is 5.15. The van der Waals surface area contributed by atoms with E-state index in [1.807, 2.05) is 15.8 Å². The molecule has 1 atom stereocenters. The van der Waals surface area contributed by atoms with Crippen LogP contribution in [-0.2, 0) is 6.54 Å². The topological polar surface area (TPSA) is 92.8 Å². The van der Waals surface area contributed by atoms with Gasteiger partial charge in [0.15, 0.2) is 0 Å². The largest absolute Gasteiger partial charge is 0.396 e. The highest BCUT2D eigenvalue weighted by Gasteiger charge is 2.30. The third kappa shape index (κ3) is 2.47. The van der Waals surface area contributed by atoms with E-state index in [0.717, 1.165) is 31.1 Å². The van der Waals surface area contributed by atoms with E-state index in [1.165, 1.54) is 12.8 Å². The molecule has 22 heavy (non-hydrogen) atoms. The van der Waals surface area contributed by atoms with Crippen LogP contribution < -0.4 is 5.73 Å². The monoisotopic (exact) mass is 300 g/mol. The third-order valence-electron chi connectivity index (χ3n) is 4.61. The molecule has 0 spiro atoms. The second-order valence-corrected chi connectivity index (χ2v) is 6.37. The number of aromatic nitrogens is 4. The summed E-state index contributed by atoms with van der Waals surface area (Å²) in [6, 6.07) is 0. The Bertz CT molecular complexity index is 686. The number of likely N-dealkylation sites (tertiary alicyclic amines) is 1. The van der Waals surface area contributed by atoms with Crippen molar-refractivity contribution < 1.29 is 4.79 Å². The van der Waals surface area contributed by atoms with E-state index in [-0.39, 0.29) is 11.8 Å². The summed E-state index contributed by atoms with van der Waals surface area (Å²) in [6.45, 7) is 2.36. The van der Waals surface area contributed by atoms with Gasteiger partial charge in [0.05, 0.1) is 29.3 Å². The Hall–Kier alpha value is -2.31. The van der Waals surface area contributed by atoms with Crippen molar-refractivity contribution in [1.29, 1.82) is 0 Å². The van der Waals surface area contributed by atoms with Gasteiger partial charge >= 0.3 is 0 Å². The molecule has 3 N–H and O–H groups in total. The van der Waals surface area contributed by atoms with E-state index in [9.17, 15) is 4.79 Å². The van der Waals surface area contributed by atoms with Crippen molar-refractivity contribution in [2.75, 3.05) is 18.8 Å². The fourth-order valence-corrected chi connectivity index (χ4v) is 3.13. The standard InChI is InChI=1S/C15H20N6O/c16-13-6-17-19-14(13)11-3-4-20(8-11)15(22)12-5-18-21(9-12)7-10-1-2-10/h5-6,9-11H,1-4,7-8,16H2,(H,17,19). The smallest absolute Gasteiger partial charge is 0.257 e. The molecule has 1 amide bonds. The molecule has 1 unspecified atom stereocenters. The maximum absolute atomic E-state index is 12.6. The zero-order valence-corrected chi connectivity index (χ0v) is 12.4. The maximum atomic E-state index is 12.6. The van der Waals surface area contributed by atoms with Crippen LogP contribution in [0.5, 0.6) is 0 Å². The summed E-state index contributed by atoms with van der Waals surface area (Å²) in [4.78, 5) is 14.5. The Morgan fingerprint density at radius 3 is 2.95 bits per heavy atom. The first-order valence-electron chi connectivity index (χ1n) is 7.81. The Labute approximate surface area is 128 Å². The van der Waals surface area contributed by atoms with E-state index < -0.39 is 0 Å². The fourth-order valence-electron chi connectivity index (χ4n) is 3.13. The van der Waals surface area contributed by atoms with Gasteiger partial charge in [-0.15, -0.1) is 0 Å². The average Bonchev–Trinajstić information content (AvgIpc) is 2.95. The van der Waals surface area contributed by atoms with Crippen molar-refractivity contribution >= 4 is 11.6 Å². The van der Waals surface area contributed by atoms with E-state index in [1.54, 1.807) is 12.4 Å². The lowest BCUT2D eigenvalue weighted by Crippen LogP contribution is -2.28. The fraction of sp³-hybridized carbons (Fsp3) is 0.533. The first-order valence-corrected chi connectivity index (χ1v) is 7.81. The molecule has 1 saturated heterocycles. The summed E-state index contributed by atoms with van der Waals surface area (Å²) in [5, 5.41) is 11.2. The third-order valence-corrected chi connectivity index (χ3v) is 4.61. The van der Waals surface area contributed by atoms with Gasteiger partial charge in [-0.1, -0.05) is 0 Å². The molecule has 116 valence electrons. The minimum absolute atomic E-state index is 0.0580. The summed E-state index contributed by atoms with van der Waals surface area (Å²) in [5.74, 6) is 1.05. The Balaban J connectivity index is 1.42. The Morgan fingerprint density at radius 1 is 1.36 bits per heavy atom. The number of hydrogen-bond donors (Lipinski definition) is 2. The lowest BCUT2D eigenvalue weighted by Gasteiger charge is -2.15. The molecule has 0 radical (unpaired) electrons. The number of nitrogen functional groups attached to an aromatic ring is 1. The van der Waals surface area contributed by atoms with Crippen LogP contribution in [0.15, 0.2) is 18.6 Å². The summed E-state index contributed by atoms with van der Waals surface area (Å²) in [6.07, 6.45) is 8.66. The summed E-state index contributed by atoms with van der Waals surface area (Å²) in [7, 11) is 0. The molecule has 1 saturated carbocycles. The Morgan fingerprint density at radius 2 is 2.23 bits per heavy atom. The van der Waals surface area contributed by atoms with Crippen LogP contribution in [0, 0.1) is 5.92 Å². The molecular formula is C15H20N6O. The molecule has 7 heteroatoms. The SMILES string of the molecule is Nc1cn[nH]c1C1CCN(C(=O)c2cnn(CC3CC3)c2)C1. The molecule has 2 fully saturated rings. The highest BCUT2D eigenvalue weighted by Crippen LogP contribution is 2.31. The van der Waals surface area contributed by atoms with Gasteiger partial charge in [0, 0.05) is 31.7 Å². The van der Waals surface area contributed by atoms with Crippen LogP contribution >= 0.6 is 0 Å². The zero-order valence-electron chi connectivity index (χ0n) is 12.4. The first-order chi connectivity index (χ1) is 10.7. The van der Waals surface area contributed by atoms with E-state index in [0.29, 0.717) is 17.8 Å². The first kappa shape index (κ1) is 13.4. The number of anilines is 1. The van der Waals surface area contributed by atoms with Crippen molar-refractivity contribution in [3.63, 3.8) is 0 Å². The van der Waals surface area contributed by atoms with Crippen LogP contribution in [0.3, 0.4) is 0 Å². The van der Waals surface area contributed by atoms with E-state index >= 15 is 0 Å². The number of H-pyrrole nitrogens is 1. The summed E-state index contributed by atoms with van der Waals surface area (Å²) >= 11 is 0. The highest BCUT2D eigenvalue weighted by molar-refractivity contribution is 5.94. The molecule has 4 rings (SSSR count). The molecule has 3 heterocycles.